The summed E-state index contributed by atoms with van der Waals surface area (Å²) in [6.07, 6.45) is -3.06. The number of nitrogens with zero attached hydrogens (tertiary/aromatic N) is 1. The smallest absolute Gasteiger partial charge is 0.420 e. The molecule has 0 bridgehead atoms. The van der Waals surface area contributed by atoms with Gasteiger partial charge >= 0.3 is 6.18 Å². The number of hydrogen-bond donors (Lipinski definition) is 0. The van der Waals surface area contributed by atoms with Gasteiger partial charge in [-0.25, -0.2) is 4.79 Å². The first-order valence-electron chi connectivity index (χ1n) is 5.43. The van der Waals surface area contributed by atoms with Crippen molar-refractivity contribution in [3.8, 4) is 10.8 Å². The predicted molar refractivity (Wildman–Crippen MR) is 68.4 cm³/mol. The summed E-state index contributed by atoms with van der Waals surface area (Å²) in [5.74, 6) is 0.280. The Bertz CT molecular complexity index is 672. The number of hydrogen-bond acceptors (Lipinski definition) is 4. The van der Waals surface area contributed by atoms with Crippen LogP contribution in [0.5, 0.6) is 10.8 Å². The van der Waals surface area contributed by atoms with Gasteiger partial charge in [-0.2, -0.15) is 18.2 Å². The number of halogens is 3. The van der Waals surface area contributed by atoms with Crippen molar-refractivity contribution in [2.75, 3.05) is 0 Å². The van der Waals surface area contributed by atoms with Gasteiger partial charge in [0.2, 0.25) is 6.08 Å². The molecule has 0 amide bonds. The fourth-order valence-electron chi connectivity index (χ4n) is 1.55. The fourth-order valence-corrected chi connectivity index (χ4v) is 2.33. The van der Waals surface area contributed by atoms with Gasteiger partial charge in [0.05, 0.1) is 5.69 Å². The van der Waals surface area contributed by atoms with Gasteiger partial charge in [0.15, 0.2) is 5.06 Å². The molecule has 1 aromatic heterocycles. The van der Waals surface area contributed by atoms with Crippen LogP contribution in [0.4, 0.5) is 18.9 Å². The summed E-state index contributed by atoms with van der Waals surface area (Å²) < 4.78 is 43.5. The van der Waals surface area contributed by atoms with Crippen LogP contribution in [0.15, 0.2) is 34.6 Å². The highest BCUT2D eigenvalue weighted by Crippen LogP contribution is 2.42. The van der Waals surface area contributed by atoms with E-state index in [4.69, 9.17) is 4.74 Å². The van der Waals surface area contributed by atoms with E-state index < -0.39 is 11.7 Å². The van der Waals surface area contributed by atoms with E-state index in [2.05, 4.69) is 4.99 Å². The molecule has 0 saturated carbocycles. The van der Waals surface area contributed by atoms with Gasteiger partial charge in [-0.3, -0.25) is 0 Å². The highest BCUT2D eigenvalue weighted by molar-refractivity contribution is 7.12. The Hall–Kier alpha value is -2.11. The maximum Gasteiger partial charge on any atom is 0.420 e. The van der Waals surface area contributed by atoms with Crippen molar-refractivity contribution in [3.63, 3.8) is 0 Å². The third kappa shape index (κ3) is 3.07. The first-order valence-corrected chi connectivity index (χ1v) is 6.31. The van der Waals surface area contributed by atoms with Gasteiger partial charge in [-0.05, 0) is 42.1 Å². The Morgan fingerprint density at radius 1 is 1.30 bits per heavy atom. The zero-order valence-corrected chi connectivity index (χ0v) is 11.0. The second-order valence-electron chi connectivity index (χ2n) is 3.87. The van der Waals surface area contributed by atoms with Crippen LogP contribution in [0.25, 0.3) is 0 Å². The number of isocyanates is 1. The summed E-state index contributed by atoms with van der Waals surface area (Å²) in [6, 6.07) is 5.43. The van der Waals surface area contributed by atoms with Gasteiger partial charge in [0.1, 0.15) is 11.3 Å². The summed E-state index contributed by atoms with van der Waals surface area (Å²) in [5, 5.41) is 1.10. The minimum absolute atomic E-state index is 0.216. The topological polar surface area (TPSA) is 38.7 Å². The highest BCUT2D eigenvalue weighted by atomic mass is 32.1. The van der Waals surface area contributed by atoms with Crippen molar-refractivity contribution in [3.05, 3.63) is 40.8 Å². The Morgan fingerprint density at radius 3 is 2.65 bits per heavy atom. The highest BCUT2D eigenvalue weighted by Gasteiger charge is 2.35. The van der Waals surface area contributed by atoms with Crippen LogP contribution in [-0.4, -0.2) is 6.08 Å². The van der Waals surface area contributed by atoms with E-state index in [1.54, 1.807) is 6.92 Å². The third-order valence-electron chi connectivity index (χ3n) is 2.47. The number of ether oxygens (including phenoxy) is 1. The van der Waals surface area contributed by atoms with E-state index in [1.807, 2.05) is 0 Å². The molecule has 20 heavy (non-hydrogen) atoms. The van der Waals surface area contributed by atoms with Gasteiger partial charge < -0.3 is 4.74 Å². The Kier molecular flexibility index (Phi) is 3.92. The van der Waals surface area contributed by atoms with E-state index in [-0.39, 0.29) is 10.8 Å². The van der Waals surface area contributed by atoms with Gasteiger partial charge in [-0.1, -0.05) is 0 Å². The number of benzene rings is 1. The number of aliphatic imine (C=N–C) groups is 1. The van der Waals surface area contributed by atoms with Crippen molar-refractivity contribution in [2.24, 2.45) is 4.99 Å². The molecule has 3 nitrogen and oxygen atoms in total. The summed E-state index contributed by atoms with van der Waals surface area (Å²) >= 11 is 0.866. The molecule has 0 atom stereocenters. The number of aryl methyl sites for hydroxylation is 1. The van der Waals surface area contributed by atoms with Crippen LogP contribution in [0.1, 0.15) is 11.1 Å². The Morgan fingerprint density at radius 2 is 2.05 bits per heavy atom. The van der Waals surface area contributed by atoms with Crippen LogP contribution in [-0.2, 0) is 11.0 Å². The maximum absolute atomic E-state index is 12.7. The predicted octanol–water partition coefficient (Wildman–Crippen LogP) is 4.83. The molecule has 104 valence electrons. The van der Waals surface area contributed by atoms with Crippen LogP contribution >= 0.6 is 11.3 Å². The standard InChI is InChI=1S/C13H8F3NO2S/c1-8-6-9(17-7-18)2-3-11(8)19-12-10(4-5-20-12)13(14,15)16/h2-6H,1H3. The lowest BCUT2D eigenvalue weighted by Crippen LogP contribution is -2.04. The Balaban J connectivity index is 2.32. The lowest BCUT2D eigenvalue weighted by Gasteiger charge is -2.11. The molecule has 1 aromatic carbocycles. The first kappa shape index (κ1) is 14.3. The molecule has 2 aromatic rings. The van der Waals surface area contributed by atoms with Crippen LogP contribution in [0.3, 0.4) is 0 Å². The van der Waals surface area contributed by atoms with Crippen molar-refractivity contribution < 1.29 is 22.7 Å². The third-order valence-corrected chi connectivity index (χ3v) is 3.26. The SMILES string of the molecule is Cc1cc(N=C=O)ccc1Oc1sccc1C(F)(F)F. The molecule has 0 fully saturated rings. The van der Waals surface area contributed by atoms with Crippen molar-refractivity contribution >= 4 is 23.1 Å². The number of thiophene rings is 1. The molecule has 0 radical (unpaired) electrons. The van der Waals surface area contributed by atoms with Crippen LogP contribution in [0.2, 0.25) is 0 Å². The molecule has 0 aliphatic carbocycles. The first-order chi connectivity index (χ1) is 9.41. The van der Waals surface area contributed by atoms with E-state index in [0.717, 1.165) is 17.4 Å². The minimum atomic E-state index is -4.45. The van der Waals surface area contributed by atoms with Crippen LogP contribution < -0.4 is 4.74 Å². The van der Waals surface area contributed by atoms with Gasteiger partial charge in [-0.15, -0.1) is 11.3 Å². The molecule has 0 aliphatic rings. The van der Waals surface area contributed by atoms with Gasteiger partial charge in [0, 0.05) is 0 Å². The number of alkyl halides is 3. The fraction of sp³-hybridized carbons (Fsp3) is 0.154. The largest absolute Gasteiger partial charge is 0.446 e. The molecule has 7 heteroatoms. The van der Waals surface area contributed by atoms with E-state index in [1.165, 1.54) is 29.7 Å². The molecule has 2 rings (SSSR count). The Labute approximate surface area is 116 Å². The summed E-state index contributed by atoms with van der Waals surface area (Å²) in [6.45, 7) is 1.65. The maximum atomic E-state index is 12.7. The molecular formula is C13H8F3NO2S. The monoisotopic (exact) mass is 299 g/mol. The normalized spacial score (nSPS) is 11.0. The zero-order chi connectivity index (χ0) is 14.8. The minimum Gasteiger partial charge on any atom is -0.446 e. The molecule has 0 N–H and O–H groups in total. The molecule has 0 aliphatic heterocycles. The second kappa shape index (κ2) is 5.48. The lowest BCUT2D eigenvalue weighted by atomic mass is 10.2. The zero-order valence-electron chi connectivity index (χ0n) is 10.2. The molecule has 0 saturated heterocycles. The molecule has 0 spiro atoms. The summed E-state index contributed by atoms with van der Waals surface area (Å²) in [7, 11) is 0. The molecular weight excluding hydrogens is 291 g/mol. The number of rotatable bonds is 3. The summed E-state index contributed by atoms with van der Waals surface area (Å²) in [5.41, 5.74) is 0.131. The van der Waals surface area contributed by atoms with E-state index in [0.29, 0.717) is 11.3 Å². The summed E-state index contributed by atoms with van der Waals surface area (Å²) in [4.78, 5) is 13.6. The number of carbonyl (C=O) groups excluding carboxylic acids is 1. The van der Waals surface area contributed by atoms with Crippen LogP contribution in [0, 0.1) is 6.92 Å². The van der Waals surface area contributed by atoms with E-state index >= 15 is 0 Å². The van der Waals surface area contributed by atoms with E-state index in [9.17, 15) is 18.0 Å². The quantitative estimate of drug-likeness (QED) is 0.601. The van der Waals surface area contributed by atoms with Crippen molar-refractivity contribution in [1.82, 2.24) is 0 Å². The van der Waals surface area contributed by atoms with Crippen molar-refractivity contribution in [1.29, 1.82) is 0 Å². The molecule has 1 heterocycles. The van der Waals surface area contributed by atoms with Crippen molar-refractivity contribution in [2.45, 2.75) is 13.1 Å². The average molecular weight is 299 g/mol. The lowest BCUT2D eigenvalue weighted by molar-refractivity contribution is -0.138. The molecule has 0 unspecified atom stereocenters. The second-order valence-corrected chi connectivity index (χ2v) is 4.75. The van der Waals surface area contributed by atoms with Gasteiger partial charge in [0.25, 0.3) is 0 Å². The average Bonchev–Trinajstić information content (AvgIpc) is 2.81.